The Balaban J connectivity index is 1.85. The van der Waals surface area contributed by atoms with Crippen LogP contribution in [0.15, 0.2) is 24.3 Å². The average molecular weight is 313 g/mol. The van der Waals surface area contributed by atoms with Gasteiger partial charge in [-0.1, -0.05) is 11.6 Å². The summed E-state index contributed by atoms with van der Waals surface area (Å²) in [5, 5.41) is 0.577. The number of hydrogen-bond acceptors (Lipinski definition) is 5. The quantitative estimate of drug-likeness (QED) is 0.802. The highest BCUT2D eigenvalue weighted by Gasteiger charge is 2.57. The van der Waals surface area contributed by atoms with Crippen molar-refractivity contribution in [2.45, 2.75) is 44.2 Å². The lowest BCUT2D eigenvalue weighted by Crippen LogP contribution is -2.35. The number of hydrogen-bond donors (Lipinski definition) is 0. The smallest absolute Gasteiger partial charge is 0.194 e. The first-order valence-corrected chi connectivity index (χ1v) is 7.13. The molecule has 0 spiro atoms. The summed E-state index contributed by atoms with van der Waals surface area (Å²) in [4.78, 5) is 12.6. The molecule has 1 unspecified atom stereocenters. The van der Waals surface area contributed by atoms with Crippen LogP contribution in [0.3, 0.4) is 0 Å². The lowest BCUT2D eigenvalue weighted by atomic mass is 10.0. The predicted octanol–water partition coefficient (Wildman–Crippen LogP) is 2.41. The summed E-state index contributed by atoms with van der Waals surface area (Å²) in [6.45, 7) is 3.61. The molecule has 2 aliphatic heterocycles. The van der Waals surface area contributed by atoms with Gasteiger partial charge in [0.2, 0.25) is 0 Å². The van der Waals surface area contributed by atoms with Gasteiger partial charge in [-0.25, -0.2) is 0 Å². The summed E-state index contributed by atoms with van der Waals surface area (Å²) < 4.78 is 22.5. The number of ether oxygens (including phenoxy) is 4. The number of fused-ring (bicyclic) bond motifs is 1. The third kappa shape index (κ3) is 2.72. The number of benzene rings is 1. The van der Waals surface area contributed by atoms with Crippen molar-refractivity contribution in [1.82, 2.24) is 0 Å². The Bertz CT molecular complexity index is 541. The predicted molar refractivity (Wildman–Crippen MR) is 75.3 cm³/mol. The molecule has 21 heavy (non-hydrogen) atoms. The maximum atomic E-state index is 12.6. The summed E-state index contributed by atoms with van der Waals surface area (Å²) >= 11 is 5.84. The highest BCUT2D eigenvalue weighted by atomic mass is 35.5. The van der Waals surface area contributed by atoms with E-state index in [9.17, 15) is 4.79 Å². The highest BCUT2D eigenvalue weighted by Crippen LogP contribution is 2.39. The number of Topliss-reactive ketones (excluding diaryl/α,β-unsaturated/α-hetero) is 1. The van der Waals surface area contributed by atoms with Gasteiger partial charge >= 0.3 is 0 Å². The normalized spacial score (nSPS) is 33.9. The van der Waals surface area contributed by atoms with Crippen molar-refractivity contribution in [2.24, 2.45) is 0 Å². The van der Waals surface area contributed by atoms with Crippen LogP contribution in [0.25, 0.3) is 0 Å². The molecule has 0 bridgehead atoms. The van der Waals surface area contributed by atoms with Gasteiger partial charge in [-0.2, -0.15) is 0 Å². The summed E-state index contributed by atoms with van der Waals surface area (Å²) in [6.07, 6.45) is -2.25. The van der Waals surface area contributed by atoms with Crippen LogP contribution in [0.2, 0.25) is 5.02 Å². The summed E-state index contributed by atoms with van der Waals surface area (Å²) in [7, 11) is 1.52. The molecule has 4 atom stereocenters. The van der Waals surface area contributed by atoms with E-state index in [4.69, 9.17) is 30.5 Å². The van der Waals surface area contributed by atoms with Crippen molar-refractivity contribution in [2.75, 3.05) is 7.11 Å². The average Bonchev–Trinajstić information content (AvgIpc) is 2.91. The molecule has 1 aromatic carbocycles. The third-order valence-corrected chi connectivity index (χ3v) is 3.88. The van der Waals surface area contributed by atoms with E-state index in [-0.39, 0.29) is 5.78 Å². The minimum atomic E-state index is -0.756. The molecule has 114 valence electrons. The Morgan fingerprint density at radius 1 is 1.19 bits per heavy atom. The van der Waals surface area contributed by atoms with Gasteiger partial charge in [-0.15, -0.1) is 0 Å². The van der Waals surface area contributed by atoms with Crippen molar-refractivity contribution < 1.29 is 23.7 Å². The fourth-order valence-electron chi connectivity index (χ4n) is 2.74. The minimum absolute atomic E-state index is 0.164. The van der Waals surface area contributed by atoms with E-state index < -0.39 is 30.4 Å². The van der Waals surface area contributed by atoms with Gasteiger partial charge in [-0.05, 0) is 38.1 Å². The second kappa shape index (κ2) is 5.34. The van der Waals surface area contributed by atoms with Gasteiger partial charge < -0.3 is 18.9 Å². The number of methoxy groups -OCH3 is 1. The monoisotopic (exact) mass is 312 g/mol. The number of ketones is 1. The number of rotatable bonds is 3. The highest BCUT2D eigenvalue weighted by molar-refractivity contribution is 6.30. The zero-order chi connectivity index (χ0) is 15.2. The van der Waals surface area contributed by atoms with E-state index in [1.807, 2.05) is 13.8 Å². The van der Waals surface area contributed by atoms with Crippen LogP contribution < -0.4 is 0 Å². The van der Waals surface area contributed by atoms with Crippen molar-refractivity contribution in [3.05, 3.63) is 34.9 Å². The van der Waals surface area contributed by atoms with Crippen LogP contribution in [0.4, 0.5) is 0 Å². The SMILES string of the molecule is COC1O[C@H](C(=O)c2ccc(Cl)cc2)[C@H]2OC(C)(C)O[C@@H]12. The Kier molecular flexibility index (Phi) is 3.80. The number of carbonyl (C=O) groups is 1. The molecular formula is C15H17ClO5. The van der Waals surface area contributed by atoms with E-state index >= 15 is 0 Å². The van der Waals surface area contributed by atoms with Crippen LogP contribution in [0.1, 0.15) is 24.2 Å². The summed E-state index contributed by atoms with van der Waals surface area (Å²) in [5.74, 6) is -0.920. The molecule has 0 amide bonds. The van der Waals surface area contributed by atoms with Crippen LogP contribution in [-0.2, 0) is 18.9 Å². The lowest BCUT2D eigenvalue weighted by Gasteiger charge is -2.23. The molecule has 0 aliphatic carbocycles. The fraction of sp³-hybridized carbons (Fsp3) is 0.533. The van der Waals surface area contributed by atoms with Crippen molar-refractivity contribution >= 4 is 17.4 Å². The van der Waals surface area contributed by atoms with Crippen LogP contribution in [0.5, 0.6) is 0 Å². The van der Waals surface area contributed by atoms with E-state index in [0.29, 0.717) is 10.6 Å². The van der Waals surface area contributed by atoms with Gasteiger partial charge in [0.05, 0.1) is 0 Å². The van der Waals surface area contributed by atoms with Gasteiger partial charge in [0.1, 0.15) is 12.2 Å². The van der Waals surface area contributed by atoms with Crippen molar-refractivity contribution in [3.8, 4) is 0 Å². The van der Waals surface area contributed by atoms with Gasteiger partial charge in [0.25, 0.3) is 0 Å². The molecule has 0 N–H and O–H groups in total. The topological polar surface area (TPSA) is 54.0 Å². The van der Waals surface area contributed by atoms with Crippen molar-refractivity contribution in [1.29, 1.82) is 0 Å². The first kappa shape index (κ1) is 14.9. The van der Waals surface area contributed by atoms with Gasteiger partial charge in [-0.3, -0.25) is 4.79 Å². The van der Waals surface area contributed by atoms with E-state index in [1.165, 1.54) is 7.11 Å². The molecule has 1 aromatic rings. The minimum Gasteiger partial charge on any atom is -0.353 e. The van der Waals surface area contributed by atoms with Crippen LogP contribution in [0, 0.1) is 0 Å². The Labute approximate surface area is 128 Å². The van der Waals surface area contributed by atoms with Crippen LogP contribution in [-0.4, -0.2) is 43.3 Å². The number of carbonyl (C=O) groups excluding carboxylic acids is 1. The van der Waals surface area contributed by atoms with E-state index in [1.54, 1.807) is 24.3 Å². The second-order valence-corrected chi connectivity index (χ2v) is 6.03. The molecule has 2 heterocycles. The molecular weight excluding hydrogens is 296 g/mol. The Hall–Kier alpha value is -0.980. The molecule has 0 radical (unpaired) electrons. The molecule has 3 rings (SSSR count). The van der Waals surface area contributed by atoms with E-state index in [0.717, 1.165) is 0 Å². The maximum Gasteiger partial charge on any atom is 0.194 e. The second-order valence-electron chi connectivity index (χ2n) is 5.60. The molecule has 5 nitrogen and oxygen atoms in total. The largest absolute Gasteiger partial charge is 0.353 e. The molecule has 0 saturated carbocycles. The summed E-state index contributed by atoms with van der Waals surface area (Å²) in [6, 6.07) is 6.68. The maximum absolute atomic E-state index is 12.6. The molecule has 2 aliphatic rings. The molecule has 0 aromatic heterocycles. The van der Waals surface area contributed by atoms with Gasteiger partial charge in [0, 0.05) is 17.7 Å². The standard InChI is InChI=1S/C15H17ClO5/c1-15(2)20-12-11(19-14(18-3)13(12)21-15)10(17)8-4-6-9(16)7-5-8/h4-7,11-14H,1-3H3/t11-,12-,13-,14?/m1/s1. The zero-order valence-corrected chi connectivity index (χ0v) is 12.8. The third-order valence-electron chi connectivity index (χ3n) is 3.63. The number of halogens is 1. The lowest BCUT2D eigenvalue weighted by molar-refractivity contribution is -0.220. The fourth-order valence-corrected chi connectivity index (χ4v) is 2.87. The Morgan fingerprint density at radius 3 is 2.43 bits per heavy atom. The Morgan fingerprint density at radius 2 is 1.81 bits per heavy atom. The zero-order valence-electron chi connectivity index (χ0n) is 12.0. The molecule has 2 saturated heterocycles. The van der Waals surface area contributed by atoms with Gasteiger partial charge in [0.15, 0.2) is 24.0 Å². The van der Waals surface area contributed by atoms with E-state index in [2.05, 4.69) is 0 Å². The summed E-state index contributed by atoms with van der Waals surface area (Å²) in [5.41, 5.74) is 0.521. The first-order chi connectivity index (χ1) is 9.91. The molecule has 6 heteroatoms. The van der Waals surface area contributed by atoms with Crippen LogP contribution >= 0.6 is 11.6 Å². The molecule has 2 fully saturated rings. The van der Waals surface area contributed by atoms with Crippen molar-refractivity contribution in [3.63, 3.8) is 0 Å². The first-order valence-electron chi connectivity index (χ1n) is 6.75.